The van der Waals surface area contributed by atoms with Gasteiger partial charge in [-0.3, -0.25) is 4.79 Å². The molecule has 3 saturated heterocycles. The molecule has 1 N–H and O–H groups in total. The van der Waals surface area contributed by atoms with E-state index >= 15 is 0 Å². The zero-order valence-electron chi connectivity index (χ0n) is 12.9. The summed E-state index contributed by atoms with van der Waals surface area (Å²) >= 11 is 0. The molecule has 1 spiro atoms. The van der Waals surface area contributed by atoms with Crippen LogP contribution in [0.3, 0.4) is 0 Å². The Morgan fingerprint density at radius 1 is 1.11 bits per heavy atom. The third kappa shape index (κ3) is 3.11. The molecule has 0 aromatic rings. The summed E-state index contributed by atoms with van der Waals surface area (Å²) in [6.07, 6.45) is 6.80. The van der Waals surface area contributed by atoms with Crippen LogP contribution in [0.5, 0.6) is 0 Å². The molecule has 4 heteroatoms. The van der Waals surface area contributed by atoms with Gasteiger partial charge >= 0.3 is 0 Å². The summed E-state index contributed by atoms with van der Waals surface area (Å²) in [7, 11) is 0. The van der Waals surface area contributed by atoms with E-state index < -0.39 is 0 Å². The maximum Gasteiger partial charge on any atom is 0.223 e. The van der Waals surface area contributed by atoms with Crippen LogP contribution in [-0.4, -0.2) is 61.5 Å². The number of hydrogen-bond donors (Lipinski definition) is 1. The number of likely N-dealkylation sites (tertiary alicyclic amines) is 2. The van der Waals surface area contributed by atoms with Crippen molar-refractivity contribution in [3.8, 4) is 0 Å². The van der Waals surface area contributed by atoms with E-state index in [1.54, 1.807) is 5.31 Å². The minimum atomic E-state index is 0.346. The zero-order valence-corrected chi connectivity index (χ0v) is 11.9. The second-order valence-corrected chi connectivity index (χ2v) is 6.50. The van der Waals surface area contributed by atoms with Gasteiger partial charge in [0.15, 0.2) is 0 Å². The normalized spacial score (nSPS) is 29.1. The second-order valence-electron chi connectivity index (χ2n) is 6.50. The molecule has 3 aliphatic heterocycles. The van der Waals surface area contributed by atoms with Crippen molar-refractivity contribution < 1.29 is 6.21 Å². The first kappa shape index (κ1) is 12.2. The third-order valence-corrected chi connectivity index (χ3v) is 5.37. The molecular formula is C15H27N3O. The summed E-state index contributed by atoms with van der Waals surface area (Å²) in [5, 5.41) is 1.71. The quantitative estimate of drug-likeness (QED) is 0.830. The van der Waals surface area contributed by atoms with Crippen molar-refractivity contribution in [1.82, 2.24) is 15.1 Å². The molecule has 0 radical (unpaired) electrons. The maximum atomic E-state index is 11.9. The van der Waals surface area contributed by atoms with E-state index in [0.29, 0.717) is 17.7 Å². The number of carbonyl (C=O) groups is 1. The lowest BCUT2D eigenvalue weighted by atomic mass is 9.71. The van der Waals surface area contributed by atoms with Crippen LogP contribution >= 0.6 is 0 Å². The van der Waals surface area contributed by atoms with E-state index in [2.05, 4.69) is 4.90 Å². The molecule has 0 aromatic heterocycles. The Morgan fingerprint density at radius 3 is 2.37 bits per heavy atom. The topological polar surface area (TPSA) is 35.6 Å². The van der Waals surface area contributed by atoms with E-state index in [-0.39, 0.29) is 0 Å². The monoisotopic (exact) mass is 266 g/mol. The predicted molar refractivity (Wildman–Crippen MR) is 76.0 cm³/mol. The van der Waals surface area contributed by atoms with Crippen LogP contribution in [0.15, 0.2) is 0 Å². The largest absolute Gasteiger partial charge is 0.343 e. The van der Waals surface area contributed by atoms with Gasteiger partial charge in [0.05, 0.1) is 0 Å². The Morgan fingerprint density at radius 2 is 1.79 bits per heavy atom. The van der Waals surface area contributed by atoms with Crippen LogP contribution < -0.4 is 5.31 Å². The summed E-state index contributed by atoms with van der Waals surface area (Å²) in [6, 6.07) is 0. The molecule has 3 aliphatic rings. The van der Waals surface area contributed by atoms with Gasteiger partial charge < -0.3 is 15.1 Å². The van der Waals surface area contributed by atoms with Gasteiger partial charge in [-0.15, -0.1) is 0 Å². The minimum absolute atomic E-state index is 0.346. The number of rotatable bonds is 3. The van der Waals surface area contributed by atoms with E-state index in [4.69, 9.17) is 1.41 Å². The van der Waals surface area contributed by atoms with Gasteiger partial charge in [0, 0.05) is 26.1 Å². The number of hydrogen-bond acceptors (Lipinski definition) is 3. The summed E-state index contributed by atoms with van der Waals surface area (Å²) in [6.45, 7) is 7.06. The SMILES string of the molecule is [2H]N1CCC2(CC1)CCN(CCC(=O)N1CCC1)CC2. The molecule has 0 aromatic carbocycles. The predicted octanol–water partition coefficient (Wildman–Crippen LogP) is 1.07. The summed E-state index contributed by atoms with van der Waals surface area (Å²) < 4.78 is 7.67. The summed E-state index contributed by atoms with van der Waals surface area (Å²) in [4.78, 5) is 16.3. The number of nitrogens with one attached hydrogen (secondary N) is 1. The van der Waals surface area contributed by atoms with Crippen LogP contribution in [0.2, 0.25) is 1.41 Å². The number of nitrogens with zero attached hydrogens (tertiary/aromatic N) is 2. The molecule has 0 atom stereocenters. The highest BCUT2D eigenvalue weighted by Gasteiger charge is 2.35. The Bertz CT molecular complexity index is 341. The fraction of sp³-hybridized carbons (Fsp3) is 0.933. The Labute approximate surface area is 118 Å². The molecule has 1 amide bonds. The number of carbonyl (C=O) groups excluding carboxylic acids is 1. The van der Waals surface area contributed by atoms with Gasteiger partial charge in [-0.25, -0.2) is 0 Å². The summed E-state index contributed by atoms with van der Waals surface area (Å²) in [5.41, 5.74) is 0.509. The second kappa shape index (κ2) is 5.80. The Hall–Kier alpha value is -0.610. The third-order valence-electron chi connectivity index (χ3n) is 5.37. The lowest BCUT2D eigenvalue weighted by Gasteiger charge is -2.44. The Balaban J connectivity index is 1.38. The van der Waals surface area contributed by atoms with Crippen molar-refractivity contribution in [1.29, 1.82) is 0 Å². The number of amides is 1. The van der Waals surface area contributed by atoms with Crippen LogP contribution in [0.1, 0.15) is 38.5 Å². The van der Waals surface area contributed by atoms with Crippen LogP contribution in [0, 0.1) is 5.41 Å². The Kier molecular flexibility index (Phi) is 3.71. The van der Waals surface area contributed by atoms with Gasteiger partial charge in [-0.2, -0.15) is 0 Å². The fourth-order valence-corrected chi connectivity index (χ4v) is 3.60. The van der Waals surface area contributed by atoms with E-state index in [1.807, 2.05) is 4.90 Å². The lowest BCUT2D eigenvalue weighted by molar-refractivity contribution is -0.135. The van der Waals surface area contributed by atoms with E-state index in [0.717, 1.165) is 45.8 Å². The van der Waals surface area contributed by atoms with Crippen LogP contribution in [0.4, 0.5) is 0 Å². The molecule has 4 nitrogen and oxygen atoms in total. The summed E-state index contributed by atoms with van der Waals surface area (Å²) in [5.74, 6) is 0.346. The molecule has 3 fully saturated rings. The van der Waals surface area contributed by atoms with Gasteiger partial charge in [-0.1, -0.05) is 0 Å². The van der Waals surface area contributed by atoms with E-state index in [1.165, 1.54) is 32.1 Å². The van der Waals surface area contributed by atoms with Crippen molar-refractivity contribution in [2.24, 2.45) is 5.41 Å². The molecule has 0 bridgehead atoms. The van der Waals surface area contributed by atoms with Crippen LogP contribution in [0.25, 0.3) is 0 Å². The average Bonchev–Trinajstić information content (AvgIpc) is 2.40. The molecule has 0 saturated carbocycles. The number of piperidine rings is 2. The smallest absolute Gasteiger partial charge is 0.223 e. The van der Waals surface area contributed by atoms with Crippen molar-refractivity contribution in [2.45, 2.75) is 38.5 Å². The fourth-order valence-electron chi connectivity index (χ4n) is 3.60. The highest BCUT2D eigenvalue weighted by atomic mass is 16.2. The molecule has 0 aliphatic carbocycles. The van der Waals surface area contributed by atoms with Gasteiger partial charge in [0.2, 0.25) is 5.91 Å². The first-order valence-electron chi connectivity index (χ1n) is 8.36. The minimum Gasteiger partial charge on any atom is -0.343 e. The zero-order chi connectivity index (χ0) is 14.0. The van der Waals surface area contributed by atoms with Crippen molar-refractivity contribution in [3.05, 3.63) is 0 Å². The van der Waals surface area contributed by atoms with Crippen molar-refractivity contribution in [3.63, 3.8) is 0 Å². The average molecular weight is 266 g/mol. The molecule has 108 valence electrons. The molecular weight excluding hydrogens is 238 g/mol. The molecule has 3 heterocycles. The lowest BCUT2D eigenvalue weighted by Crippen LogP contribution is -2.47. The molecule has 0 unspecified atom stereocenters. The van der Waals surface area contributed by atoms with Crippen molar-refractivity contribution in [2.75, 3.05) is 45.8 Å². The molecule has 3 rings (SSSR count). The standard InChI is InChI=1S/C15H27N3O/c19-14(18-9-1-10-18)2-11-17-12-5-15(6-13-17)3-7-16-8-4-15/h16H,1-13H2/i/hD. The first-order chi connectivity index (χ1) is 9.67. The first-order valence-corrected chi connectivity index (χ1v) is 7.91. The maximum absolute atomic E-state index is 11.9. The van der Waals surface area contributed by atoms with Gasteiger partial charge in [0.25, 0.3) is 0 Å². The van der Waals surface area contributed by atoms with Crippen molar-refractivity contribution >= 4 is 5.91 Å². The van der Waals surface area contributed by atoms with Gasteiger partial charge in [-0.05, 0) is 63.7 Å². The van der Waals surface area contributed by atoms with Gasteiger partial charge in [0.1, 0.15) is 1.41 Å². The highest BCUT2D eigenvalue weighted by molar-refractivity contribution is 5.77. The van der Waals surface area contributed by atoms with E-state index in [9.17, 15) is 4.79 Å². The van der Waals surface area contributed by atoms with Crippen LogP contribution in [-0.2, 0) is 4.79 Å². The highest BCUT2D eigenvalue weighted by Crippen LogP contribution is 2.39. The molecule has 19 heavy (non-hydrogen) atoms.